The molecule has 0 bridgehead atoms. The number of nitro groups is 1. The van der Waals surface area contributed by atoms with Crippen molar-refractivity contribution in [2.75, 3.05) is 19.6 Å². The van der Waals surface area contributed by atoms with Crippen LogP contribution >= 0.6 is 0 Å². The number of benzene rings is 1. The quantitative estimate of drug-likeness (QED) is 0.643. The minimum absolute atomic E-state index is 0.239. The number of amides is 1. The molecule has 1 aromatic carbocycles. The maximum Gasteiger partial charge on any atom is 0.285 e. The van der Waals surface area contributed by atoms with Crippen LogP contribution in [0.2, 0.25) is 0 Å². The largest absolute Gasteiger partial charge is 0.351 e. The predicted octanol–water partition coefficient (Wildman–Crippen LogP) is 1.21. The van der Waals surface area contributed by atoms with Crippen LogP contribution in [0.15, 0.2) is 12.1 Å². The zero-order valence-corrected chi connectivity index (χ0v) is 10.5. The molecule has 0 radical (unpaired) electrons. The third kappa shape index (κ3) is 3.08. The molecule has 1 aromatic rings. The Balaban J connectivity index is 2.15. The predicted molar refractivity (Wildman–Crippen MR) is 66.3 cm³/mol. The van der Waals surface area contributed by atoms with Gasteiger partial charge in [-0.1, -0.05) is 0 Å². The van der Waals surface area contributed by atoms with Crippen molar-refractivity contribution in [3.05, 3.63) is 39.4 Å². The van der Waals surface area contributed by atoms with Crippen molar-refractivity contribution in [2.45, 2.75) is 6.42 Å². The Hall–Kier alpha value is -2.09. The van der Waals surface area contributed by atoms with Crippen LogP contribution in [-0.4, -0.2) is 30.5 Å². The zero-order valence-electron chi connectivity index (χ0n) is 10.5. The highest BCUT2D eigenvalue weighted by Crippen LogP contribution is 2.22. The van der Waals surface area contributed by atoms with Gasteiger partial charge in [0.15, 0.2) is 11.6 Å². The summed E-state index contributed by atoms with van der Waals surface area (Å²) in [5.41, 5.74) is -1.22. The highest BCUT2D eigenvalue weighted by atomic mass is 19.2. The third-order valence-corrected chi connectivity index (χ3v) is 3.19. The SMILES string of the molecule is O=C(NCC1CCNC1)c1cc(F)c(F)cc1[N+](=O)[O-]. The van der Waals surface area contributed by atoms with Crippen molar-refractivity contribution >= 4 is 11.6 Å². The van der Waals surface area contributed by atoms with Crippen LogP contribution in [0.5, 0.6) is 0 Å². The number of carbonyl (C=O) groups excluding carboxylic acids is 1. The fourth-order valence-electron chi connectivity index (χ4n) is 2.09. The van der Waals surface area contributed by atoms with E-state index < -0.39 is 33.7 Å². The second-order valence-corrected chi connectivity index (χ2v) is 4.61. The number of rotatable bonds is 4. The van der Waals surface area contributed by atoms with Crippen molar-refractivity contribution in [1.29, 1.82) is 0 Å². The lowest BCUT2D eigenvalue weighted by Gasteiger charge is -2.10. The molecule has 8 heteroatoms. The Morgan fingerprint density at radius 3 is 2.75 bits per heavy atom. The van der Waals surface area contributed by atoms with Crippen molar-refractivity contribution in [3.8, 4) is 0 Å². The minimum Gasteiger partial charge on any atom is -0.351 e. The van der Waals surface area contributed by atoms with Crippen LogP contribution in [0.4, 0.5) is 14.5 Å². The van der Waals surface area contributed by atoms with Crippen LogP contribution < -0.4 is 10.6 Å². The van der Waals surface area contributed by atoms with E-state index in [-0.39, 0.29) is 5.92 Å². The average Bonchev–Trinajstić information content (AvgIpc) is 2.91. The summed E-state index contributed by atoms with van der Waals surface area (Å²) in [6, 6.07) is 0.969. The van der Waals surface area contributed by atoms with Gasteiger partial charge in [-0.25, -0.2) is 8.78 Å². The molecule has 1 saturated heterocycles. The first-order valence-electron chi connectivity index (χ1n) is 6.11. The molecule has 6 nitrogen and oxygen atoms in total. The molecule has 2 rings (SSSR count). The number of hydrogen-bond acceptors (Lipinski definition) is 4. The van der Waals surface area contributed by atoms with Gasteiger partial charge in [0.05, 0.1) is 11.0 Å². The fraction of sp³-hybridized carbons (Fsp3) is 0.417. The summed E-state index contributed by atoms with van der Waals surface area (Å²) in [7, 11) is 0. The van der Waals surface area contributed by atoms with Gasteiger partial charge in [-0.2, -0.15) is 0 Å². The molecule has 20 heavy (non-hydrogen) atoms. The number of nitrogens with one attached hydrogen (secondary N) is 2. The molecule has 0 saturated carbocycles. The summed E-state index contributed by atoms with van der Waals surface area (Å²) < 4.78 is 26.1. The minimum atomic E-state index is -1.35. The molecule has 108 valence electrons. The van der Waals surface area contributed by atoms with E-state index in [0.717, 1.165) is 19.5 Å². The van der Waals surface area contributed by atoms with E-state index in [9.17, 15) is 23.7 Å². The molecule has 1 fully saturated rings. The smallest absolute Gasteiger partial charge is 0.285 e. The number of carbonyl (C=O) groups is 1. The lowest BCUT2D eigenvalue weighted by atomic mass is 10.1. The Bertz CT molecular complexity index is 545. The van der Waals surface area contributed by atoms with E-state index in [2.05, 4.69) is 10.6 Å². The molecule has 1 aliphatic rings. The van der Waals surface area contributed by atoms with Crippen molar-refractivity contribution < 1.29 is 18.5 Å². The van der Waals surface area contributed by atoms with E-state index >= 15 is 0 Å². The number of nitro benzene ring substituents is 1. The Kier molecular flexibility index (Phi) is 4.23. The number of halogens is 2. The molecule has 1 heterocycles. The first-order valence-corrected chi connectivity index (χ1v) is 6.11. The second kappa shape index (κ2) is 5.91. The topological polar surface area (TPSA) is 84.3 Å². The van der Waals surface area contributed by atoms with Crippen molar-refractivity contribution in [3.63, 3.8) is 0 Å². The molecule has 1 atom stereocenters. The molecule has 1 unspecified atom stereocenters. The molecular weight excluding hydrogens is 272 g/mol. The molecule has 2 N–H and O–H groups in total. The summed E-state index contributed by atoms with van der Waals surface area (Å²) in [6.07, 6.45) is 0.889. The Morgan fingerprint density at radius 2 is 2.15 bits per heavy atom. The number of hydrogen-bond donors (Lipinski definition) is 2. The zero-order chi connectivity index (χ0) is 14.7. The number of nitrogens with zero attached hydrogens (tertiary/aromatic N) is 1. The van der Waals surface area contributed by atoms with Gasteiger partial charge in [-0.3, -0.25) is 14.9 Å². The van der Waals surface area contributed by atoms with E-state index in [4.69, 9.17) is 0 Å². The molecular formula is C12H13F2N3O3. The van der Waals surface area contributed by atoms with Gasteiger partial charge >= 0.3 is 0 Å². The van der Waals surface area contributed by atoms with E-state index in [0.29, 0.717) is 18.7 Å². The van der Waals surface area contributed by atoms with Crippen molar-refractivity contribution in [1.82, 2.24) is 10.6 Å². The van der Waals surface area contributed by atoms with Crippen LogP contribution in [-0.2, 0) is 0 Å². The van der Waals surface area contributed by atoms with Gasteiger partial charge in [0.2, 0.25) is 0 Å². The average molecular weight is 285 g/mol. The lowest BCUT2D eigenvalue weighted by Crippen LogP contribution is -2.30. The third-order valence-electron chi connectivity index (χ3n) is 3.19. The summed E-state index contributed by atoms with van der Waals surface area (Å²) >= 11 is 0. The summed E-state index contributed by atoms with van der Waals surface area (Å²) in [5, 5.41) is 16.4. The Labute approximate surface area is 113 Å². The second-order valence-electron chi connectivity index (χ2n) is 4.61. The highest BCUT2D eigenvalue weighted by Gasteiger charge is 2.24. The van der Waals surface area contributed by atoms with Gasteiger partial charge in [0, 0.05) is 6.54 Å². The van der Waals surface area contributed by atoms with Crippen LogP contribution in [0, 0.1) is 27.7 Å². The van der Waals surface area contributed by atoms with Crippen LogP contribution in [0.1, 0.15) is 16.8 Å². The normalized spacial score (nSPS) is 18.0. The van der Waals surface area contributed by atoms with Gasteiger partial charge in [0.1, 0.15) is 5.56 Å². The van der Waals surface area contributed by atoms with E-state index in [1.807, 2.05) is 0 Å². The van der Waals surface area contributed by atoms with Crippen LogP contribution in [0.25, 0.3) is 0 Å². The highest BCUT2D eigenvalue weighted by molar-refractivity contribution is 5.98. The first kappa shape index (κ1) is 14.3. The standard InChI is InChI=1S/C12H13F2N3O3/c13-9-3-8(11(17(19)20)4-10(9)14)12(18)16-6-7-1-2-15-5-7/h3-4,7,15H,1-2,5-6H2,(H,16,18). The molecule has 0 spiro atoms. The maximum atomic E-state index is 13.1. The maximum absolute atomic E-state index is 13.1. The van der Waals surface area contributed by atoms with Gasteiger partial charge in [0.25, 0.3) is 11.6 Å². The summed E-state index contributed by atoms with van der Waals surface area (Å²) in [5.74, 6) is -3.18. The molecule has 1 aliphatic heterocycles. The fourth-order valence-corrected chi connectivity index (χ4v) is 2.09. The first-order chi connectivity index (χ1) is 9.49. The summed E-state index contributed by atoms with van der Waals surface area (Å²) in [6.45, 7) is 1.94. The summed E-state index contributed by atoms with van der Waals surface area (Å²) in [4.78, 5) is 21.7. The Morgan fingerprint density at radius 1 is 1.45 bits per heavy atom. The molecule has 1 amide bonds. The molecule has 0 aliphatic carbocycles. The van der Waals surface area contributed by atoms with E-state index in [1.54, 1.807) is 0 Å². The van der Waals surface area contributed by atoms with Crippen LogP contribution in [0.3, 0.4) is 0 Å². The molecule has 0 aromatic heterocycles. The van der Waals surface area contributed by atoms with Gasteiger partial charge < -0.3 is 10.6 Å². The van der Waals surface area contributed by atoms with Gasteiger partial charge in [-0.15, -0.1) is 0 Å². The van der Waals surface area contributed by atoms with E-state index in [1.165, 1.54) is 0 Å². The van der Waals surface area contributed by atoms with Crippen molar-refractivity contribution in [2.24, 2.45) is 5.92 Å². The monoisotopic (exact) mass is 285 g/mol. The van der Waals surface area contributed by atoms with Gasteiger partial charge in [-0.05, 0) is 31.5 Å². The lowest BCUT2D eigenvalue weighted by molar-refractivity contribution is -0.385.